The van der Waals surface area contributed by atoms with Gasteiger partial charge in [0.25, 0.3) is 5.91 Å². The van der Waals surface area contributed by atoms with E-state index in [1.165, 1.54) is 0 Å². The normalized spacial score (nSPS) is 9.85. The highest BCUT2D eigenvalue weighted by Gasteiger charge is 2.10. The maximum absolute atomic E-state index is 11.7. The smallest absolute Gasteiger partial charge is 0.338 e. The highest BCUT2D eigenvalue weighted by Crippen LogP contribution is 2.20. The molecule has 0 aromatic heterocycles. The maximum Gasteiger partial charge on any atom is 0.338 e. The van der Waals surface area contributed by atoms with Crippen LogP contribution in [0, 0.1) is 0 Å². The maximum atomic E-state index is 11.7. The van der Waals surface area contributed by atoms with Crippen molar-refractivity contribution in [3.8, 4) is 0 Å². The van der Waals surface area contributed by atoms with E-state index in [1.807, 2.05) is 0 Å². The standard InChI is InChI=1S/C15H12ClNO3/c16-12-8-4-5-9-13(12)17-14(18)10-20-15(19)11-6-2-1-3-7-11/h1-9H,10H2,(H,17,18). The molecule has 1 N–H and O–H groups in total. The van der Waals surface area contributed by atoms with E-state index in [1.54, 1.807) is 54.6 Å². The number of amides is 1. The minimum atomic E-state index is -0.542. The third kappa shape index (κ3) is 3.83. The second kappa shape index (κ2) is 6.73. The molecule has 0 unspecified atom stereocenters. The van der Waals surface area contributed by atoms with E-state index in [2.05, 4.69) is 5.32 Å². The lowest BCUT2D eigenvalue weighted by atomic mass is 10.2. The number of hydrogen-bond acceptors (Lipinski definition) is 3. The quantitative estimate of drug-likeness (QED) is 0.880. The second-order valence-corrected chi connectivity index (χ2v) is 4.38. The summed E-state index contributed by atoms with van der Waals surface area (Å²) >= 11 is 5.90. The Morgan fingerprint density at radius 2 is 1.65 bits per heavy atom. The van der Waals surface area contributed by atoms with E-state index in [0.717, 1.165) is 0 Å². The number of halogens is 1. The molecule has 20 heavy (non-hydrogen) atoms. The van der Waals surface area contributed by atoms with E-state index in [0.29, 0.717) is 16.3 Å². The summed E-state index contributed by atoms with van der Waals surface area (Å²) in [5, 5.41) is 3.00. The van der Waals surface area contributed by atoms with Gasteiger partial charge >= 0.3 is 5.97 Å². The molecule has 2 rings (SSSR count). The second-order valence-electron chi connectivity index (χ2n) is 3.97. The summed E-state index contributed by atoms with van der Waals surface area (Å²) in [6.45, 7) is -0.362. The first-order valence-corrected chi connectivity index (χ1v) is 6.31. The van der Waals surface area contributed by atoms with Crippen LogP contribution < -0.4 is 5.32 Å². The zero-order chi connectivity index (χ0) is 14.4. The summed E-state index contributed by atoms with van der Waals surface area (Å²) in [6, 6.07) is 15.3. The molecule has 5 heteroatoms. The van der Waals surface area contributed by atoms with Crippen LogP contribution in [-0.2, 0) is 9.53 Å². The molecule has 0 atom stereocenters. The molecular formula is C15H12ClNO3. The van der Waals surface area contributed by atoms with Gasteiger partial charge in [-0.1, -0.05) is 41.9 Å². The third-order valence-electron chi connectivity index (χ3n) is 2.49. The molecule has 0 aliphatic carbocycles. The lowest BCUT2D eigenvalue weighted by Crippen LogP contribution is -2.21. The third-order valence-corrected chi connectivity index (χ3v) is 2.82. The largest absolute Gasteiger partial charge is 0.452 e. The number of ether oxygens (including phenoxy) is 1. The van der Waals surface area contributed by atoms with Gasteiger partial charge in [-0.3, -0.25) is 4.79 Å². The molecule has 0 fully saturated rings. The topological polar surface area (TPSA) is 55.4 Å². The number of carbonyl (C=O) groups is 2. The van der Waals surface area contributed by atoms with E-state index < -0.39 is 11.9 Å². The van der Waals surface area contributed by atoms with Crippen molar-refractivity contribution < 1.29 is 14.3 Å². The first-order valence-electron chi connectivity index (χ1n) is 5.93. The number of carbonyl (C=O) groups excluding carboxylic acids is 2. The van der Waals surface area contributed by atoms with Gasteiger partial charge in [-0.25, -0.2) is 4.79 Å². The fraction of sp³-hybridized carbons (Fsp3) is 0.0667. The molecule has 102 valence electrons. The first kappa shape index (κ1) is 14.1. The average molecular weight is 290 g/mol. The van der Waals surface area contributed by atoms with Crippen LogP contribution in [0.25, 0.3) is 0 Å². The molecule has 0 heterocycles. The average Bonchev–Trinajstić information content (AvgIpc) is 2.48. The zero-order valence-corrected chi connectivity index (χ0v) is 11.3. The number of para-hydroxylation sites is 1. The lowest BCUT2D eigenvalue weighted by Gasteiger charge is -2.07. The van der Waals surface area contributed by atoms with Crippen molar-refractivity contribution in [1.82, 2.24) is 0 Å². The van der Waals surface area contributed by atoms with Crippen molar-refractivity contribution >= 4 is 29.2 Å². The Labute approximate surface area is 121 Å². The van der Waals surface area contributed by atoms with Gasteiger partial charge in [-0.05, 0) is 24.3 Å². The predicted octanol–water partition coefficient (Wildman–Crippen LogP) is 3.14. The van der Waals surface area contributed by atoms with Gasteiger partial charge in [0.05, 0.1) is 16.3 Å². The van der Waals surface area contributed by atoms with Gasteiger partial charge in [0.1, 0.15) is 0 Å². The van der Waals surface area contributed by atoms with Crippen LogP contribution >= 0.6 is 11.6 Å². The molecule has 0 saturated carbocycles. The Balaban J connectivity index is 1.87. The van der Waals surface area contributed by atoms with Crippen molar-refractivity contribution in [3.05, 3.63) is 65.2 Å². The van der Waals surface area contributed by atoms with Crippen LogP contribution in [0.4, 0.5) is 5.69 Å². The van der Waals surface area contributed by atoms with Gasteiger partial charge in [-0.15, -0.1) is 0 Å². The number of nitrogens with one attached hydrogen (secondary N) is 1. The monoisotopic (exact) mass is 289 g/mol. The lowest BCUT2D eigenvalue weighted by molar-refractivity contribution is -0.119. The molecule has 0 saturated heterocycles. The van der Waals surface area contributed by atoms with Crippen LogP contribution in [0.15, 0.2) is 54.6 Å². The highest BCUT2D eigenvalue weighted by molar-refractivity contribution is 6.33. The van der Waals surface area contributed by atoms with Crippen LogP contribution in [0.5, 0.6) is 0 Å². The van der Waals surface area contributed by atoms with E-state index in [9.17, 15) is 9.59 Å². The molecule has 0 aliphatic heterocycles. The molecule has 0 aliphatic rings. The van der Waals surface area contributed by atoms with Crippen molar-refractivity contribution in [1.29, 1.82) is 0 Å². The minimum Gasteiger partial charge on any atom is -0.452 e. The van der Waals surface area contributed by atoms with Gasteiger partial charge < -0.3 is 10.1 Å². The molecule has 0 bridgehead atoms. The Bertz CT molecular complexity index is 614. The summed E-state index contributed by atoms with van der Waals surface area (Å²) < 4.78 is 4.91. The number of benzene rings is 2. The van der Waals surface area contributed by atoms with Crippen LogP contribution in [0.1, 0.15) is 10.4 Å². The Morgan fingerprint density at radius 1 is 1.00 bits per heavy atom. The zero-order valence-electron chi connectivity index (χ0n) is 10.5. The van der Waals surface area contributed by atoms with E-state index in [4.69, 9.17) is 16.3 Å². The molecule has 4 nitrogen and oxygen atoms in total. The summed E-state index contributed by atoms with van der Waals surface area (Å²) in [5.74, 6) is -0.984. The Hall–Kier alpha value is -2.33. The van der Waals surface area contributed by atoms with Crippen molar-refractivity contribution in [3.63, 3.8) is 0 Å². The van der Waals surface area contributed by atoms with Gasteiger partial charge in [-0.2, -0.15) is 0 Å². The summed E-state index contributed by atoms with van der Waals surface area (Å²) in [4.78, 5) is 23.3. The summed E-state index contributed by atoms with van der Waals surface area (Å²) in [6.07, 6.45) is 0. The van der Waals surface area contributed by atoms with Crippen molar-refractivity contribution in [2.75, 3.05) is 11.9 Å². The van der Waals surface area contributed by atoms with Gasteiger partial charge in [0, 0.05) is 0 Å². The van der Waals surface area contributed by atoms with E-state index >= 15 is 0 Å². The summed E-state index contributed by atoms with van der Waals surface area (Å²) in [7, 11) is 0. The molecule has 2 aromatic carbocycles. The number of esters is 1. The molecular weight excluding hydrogens is 278 g/mol. The van der Waals surface area contributed by atoms with E-state index in [-0.39, 0.29) is 6.61 Å². The molecule has 1 amide bonds. The number of anilines is 1. The summed E-state index contributed by atoms with van der Waals surface area (Å²) in [5.41, 5.74) is 0.882. The number of rotatable bonds is 4. The molecule has 2 aromatic rings. The van der Waals surface area contributed by atoms with Crippen LogP contribution in [0.3, 0.4) is 0 Å². The van der Waals surface area contributed by atoms with Crippen molar-refractivity contribution in [2.45, 2.75) is 0 Å². The SMILES string of the molecule is O=C(COC(=O)c1ccccc1)Nc1ccccc1Cl. The Kier molecular flexibility index (Phi) is 4.74. The van der Waals surface area contributed by atoms with Crippen LogP contribution in [-0.4, -0.2) is 18.5 Å². The highest BCUT2D eigenvalue weighted by atomic mass is 35.5. The predicted molar refractivity (Wildman–Crippen MR) is 76.8 cm³/mol. The van der Waals surface area contributed by atoms with Gasteiger partial charge in [0.2, 0.25) is 0 Å². The minimum absolute atomic E-state index is 0.362. The first-order chi connectivity index (χ1) is 9.66. The molecule has 0 spiro atoms. The fourth-order valence-corrected chi connectivity index (χ4v) is 1.72. The van der Waals surface area contributed by atoms with Crippen LogP contribution in [0.2, 0.25) is 5.02 Å². The Morgan fingerprint density at radius 3 is 2.35 bits per heavy atom. The number of hydrogen-bond donors (Lipinski definition) is 1. The molecule has 0 radical (unpaired) electrons. The van der Waals surface area contributed by atoms with Crippen molar-refractivity contribution in [2.24, 2.45) is 0 Å². The fourth-order valence-electron chi connectivity index (χ4n) is 1.54. The van der Waals surface area contributed by atoms with Gasteiger partial charge in [0.15, 0.2) is 6.61 Å².